The molecule has 0 spiro atoms. The minimum Gasteiger partial charge on any atom is -0.0849 e. The zero-order valence-corrected chi connectivity index (χ0v) is 18.3. The second-order valence-electron chi connectivity index (χ2n) is 5.52. The summed E-state index contributed by atoms with van der Waals surface area (Å²) < 4.78 is 2.37. The van der Waals surface area contributed by atoms with Crippen LogP contribution in [0.2, 0.25) is 0 Å². The third-order valence-electron chi connectivity index (χ3n) is 4.20. The van der Waals surface area contributed by atoms with Crippen LogP contribution in [0, 0.1) is 5.41 Å². The molecule has 0 heterocycles. The maximum atomic E-state index is 2.74. The number of alkyl halides is 4. The van der Waals surface area contributed by atoms with Crippen LogP contribution in [0.3, 0.4) is 0 Å². The third-order valence-corrected chi connectivity index (χ3v) is 15.5. The van der Waals surface area contributed by atoms with E-state index in [0.29, 0.717) is 15.7 Å². The van der Waals surface area contributed by atoms with Crippen molar-refractivity contribution >= 4 is 90.4 Å². The summed E-state index contributed by atoms with van der Waals surface area (Å²) in [5.74, 6) is 0. The standard InChI is InChI=1S/C11H18I4/c1-8(2)5-6-9(3,13)10(4,14)11(8,15)7-12/h5-7H2,1-4H3/t9-,10?,11+/m1/s1. The zero-order valence-electron chi connectivity index (χ0n) is 9.63. The van der Waals surface area contributed by atoms with E-state index in [1.807, 2.05) is 0 Å². The summed E-state index contributed by atoms with van der Waals surface area (Å²) in [5, 5.41) is 0. The van der Waals surface area contributed by atoms with Crippen molar-refractivity contribution in [1.82, 2.24) is 0 Å². The number of rotatable bonds is 1. The first kappa shape index (κ1) is 16.0. The smallest absolute Gasteiger partial charge is 0.0517 e. The fourth-order valence-electron chi connectivity index (χ4n) is 2.34. The van der Waals surface area contributed by atoms with Crippen LogP contribution in [-0.2, 0) is 0 Å². The molecule has 3 atom stereocenters. The number of hydrogen-bond donors (Lipinski definition) is 0. The molecule has 1 saturated carbocycles. The molecule has 1 aliphatic rings. The molecular formula is C11H18I4. The molecule has 4 heteroatoms. The molecule has 0 radical (unpaired) electrons. The van der Waals surface area contributed by atoms with E-state index >= 15 is 0 Å². The third kappa shape index (κ3) is 2.36. The Labute approximate surface area is 148 Å². The molecule has 0 N–H and O–H groups in total. The fraction of sp³-hybridized carbons (Fsp3) is 1.00. The van der Waals surface area contributed by atoms with Crippen LogP contribution in [0.25, 0.3) is 0 Å². The molecule has 0 aliphatic heterocycles. The van der Waals surface area contributed by atoms with Gasteiger partial charge in [0.25, 0.3) is 0 Å². The largest absolute Gasteiger partial charge is 0.0849 e. The molecule has 1 unspecified atom stereocenters. The van der Waals surface area contributed by atoms with Crippen LogP contribution in [0.5, 0.6) is 0 Å². The van der Waals surface area contributed by atoms with Gasteiger partial charge in [0, 0.05) is 11.3 Å². The molecule has 1 aliphatic carbocycles. The lowest BCUT2D eigenvalue weighted by molar-refractivity contribution is 0.158. The first-order valence-electron chi connectivity index (χ1n) is 5.14. The predicted molar refractivity (Wildman–Crippen MR) is 104 cm³/mol. The van der Waals surface area contributed by atoms with Gasteiger partial charge in [-0.3, -0.25) is 0 Å². The van der Waals surface area contributed by atoms with Gasteiger partial charge in [-0.2, -0.15) is 0 Å². The molecule has 1 fully saturated rings. The number of halogens is 4. The Bertz CT molecular complexity index is 257. The van der Waals surface area contributed by atoms with Crippen LogP contribution < -0.4 is 0 Å². The summed E-state index contributed by atoms with van der Waals surface area (Å²) in [4.78, 5) is 0. The average Bonchev–Trinajstić information content (AvgIpc) is 2.11. The monoisotopic (exact) mass is 658 g/mol. The Morgan fingerprint density at radius 3 is 1.73 bits per heavy atom. The van der Waals surface area contributed by atoms with Crippen LogP contribution in [-0.4, -0.2) is 14.7 Å². The van der Waals surface area contributed by atoms with Gasteiger partial charge in [-0.25, -0.2) is 0 Å². The molecule has 1 rings (SSSR count). The van der Waals surface area contributed by atoms with Crippen molar-refractivity contribution in [2.75, 3.05) is 4.43 Å². The summed E-state index contributed by atoms with van der Waals surface area (Å²) in [5.41, 5.74) is 0.440. The molecule has 0 aromatic carbocycles. The van der Waals surface area contributed by atoms with Gasteiger partial charge in [-0.05, 0) is 32.1 Å². The van der Waals surface area contributed by atoms with Crippen molar-refractivity contribution in [2.24, 2.45) is 5.41 Å². The van der Waals surface area contributed by atoms with Gasteiger partial charge in [-0.1, -0.05) is 104 Å². The lowest BCUT2D eigenvalue weighted by atomic mass is 9.61. The van der Waals surface area contributed by atoms with Crippen LogP contribution in [0.15, 0.2) is 0 Å². The lowest BCUT2D eigenvalue weighted by Crippen LogP contribution is -2.65. The maximum Gasteiger partial charge on any atom is 0.0517 e. The van der Waals surface area contributed by atoms with Crippen LogP contribution in [0.1, 0.15) is 40.5 Å². The summed E-state index contributed by atoms with van der Waals surface area (Å²) in [6, 6.07) is 0. The van der Waals surface area contributed by atoms with Gasteiger partial charge < -0.3 is 0 Å². The molecule has 0 nitrogen and oxygen atoms in total. The second-order valence-corrected chi connectivity index (χ2v) is 12.7. The van der Waals surface area contributed by atoms with Gasteiger partial charge >= 0.3 is 0 Å². The Morgan fingerprint density at radius 2 is 1.40 bits per heavy atom. The molecule has 0 bridgehead atoms. The highest BCUT2D eigenvalue weighted by molar-refractivity contribution is 14.1. The maximum absolute atomic E-state index is 2.74. The minimum absolute atomic E-state index is 0.349. The van der Waals surface area contributed by atoms with E-state index in [0.717, 1.165) is 0 Å². The highest BCUT2D eigenvalue weighted by Gasteiger charge is 2.63. The zero-order chi connectivity index (χ0) is 12.1. The van der Waals surface area contributed by atoms with Gasteiger partial charge in [0.05, 0.1) is 3.42 Å². The summed E-state index contributed by atoms with van der Waals surface area (Å²) >= 11 is 10.7. The SMILES string of the molecule is CC1(C)CC[C@@](C)(I)C(C)(I)[C@]1(I)CI. The van der Waals surface area contributed by atoms with Crippen LogP contribution >= 0.6 is 90.4 Å². The molecule has 15 heavy (non-hydrogen) atoms. The van der Waals surface area contributed by atoms with Crippen molar-refractivity contribution in [3.8, 4) is 0 Å². The van der Waals surface area contributed by atoms with Crippen LogP contribution in [0.4, 0.5) is 0 Å². The van der Waals surface area contributed by atoms with Gasteiger partial charge in [0.1, 0.15) is 0 Å². The Kier molecular flexibility index (Phi) is 5.10. The summed E-state index contributed by atoms with van der Waals surface area (Å²) in [6.45, 7) is 9.77. The first-order valence-corrected chi connectivity index (χ1v) is 9.91. The van der Waals surface area contributed by atoms with Gasteiger partial charge in [0.15, 0.2) is 0 Å². The van der Waals surface area contributed by atoms with E-state index in [1.165, 1.54) is 17.3 Å². The molecule has 0 saturated heterocycles. The molecular weight excluding hydrogens is 640 g/mol. The van der Waals surface area contributed by atoms with Gasteiger partial charge in [-0.15, -0.1) is 0 Å². The van der Waals surface area contributed by atoms with E-state index in [4.69, 9.17) is 0 Å². The molecule has 0 aromatic heterocycles. The van der Waals surface area contributed by atoms with E-state index in [9.17, 15) is 0 Å². The highest BCUT2D eigenvalue weighted by atomic mass is 127. The summed E-state index contributed by atoms with van der Waals surface area (Å²) in [7, 11) is 0. The molecule has 0 amide bonds. The van der Waals surface area contributed by atoms with Crippen molar-refractivity contribution < 1.29 is 0 Å². The van der Waals surface area contributed by atoms with E-state index in [2.05, 4.69) is 118 Å². The molecule has 90 valence electrons. The number of hydrogen-bond acceptors (Lipinski definition) is 0. The highest BCUT2D eigenvalue weighted by Crippen LogP contribution is 2.64. The van der Waals surface area contributed by atoms with Gasteiger partial charge in [0.2, 0.25) is 0 Å². The van der Waals surface area contributed by atoms with E-state index in [1.54, 1.807) is 0 Å². The second kappa shape index (κ2) is 4.79. The first-order chi connectivity index (χ1) is 6.52. The van der Waals surface area contributed by atoms with E-state index < -0.39 is 0 Å². The average molecular weight is 658 g/mol. The molecule has 0 aromatic rings. The lowest BCUT2D eigenvalue weighted by Gasteiger charge is -2.60. The van der Waals surface area contributed by atoms with Crippen molar-refractivity contribution in [1.29, 1.82) is 0 Å². The minimum atomic E-state index is 0.349. The normalized spacial score (nSPS) is 50.4. The summed E-state index contributed by atoms with van der Waals surface area (Å²) in [6.07, 6.45) is 2.68. The topological polar surface area (TPSA) is 0 Å². The Hall–Kier alpha value is 2.92. The quantitative estimate of drug-likeness (QED) is 0.247. The Morgan fingerprint density at radius 1 is 0.933 bits per heavy atom. The van der Waals surface area contributed by atoms with Crippen molar-refractivity contribution in [3.63, 3.8) is 0 Å². The van der Waals surface area contributed by atoms with Crippen molar-refractivity contribution in [3.05, 3.63) is 0 Å². The Balaban J connectivity index is 3.26. The predicted octanol–water partition coefficient (Wildman–Crippen LogP) is 5.80. The van der Waals surface area contributed by atoms with Crippen molar-refractivity contribution in [2.45, 2.75) is 50.8 Å². The fourth-order valence-corrected chi connectivity index (χ4v) is 8.16. The van der Waals surface area contributed by atoms with E-state index in [-0.39, 0.29) is 0 Å².